The van der Waals surface area contributed by atoms with E-state index >= 15 is 0 Å². The average Bonchev–Trinajstić information content (AvgIpc) is 2.39. The zero-order valence-corrected chi connectivity index (χ0v) is 12.1. The Morgan fingerprint density at radius 3 is 2.35 bits per heavy atom. The summed E-state index contributed by atoms with van der Waals surface area (Å²) in [5, 5.41) is 11.7. The molecule has 20 heavy (non-hydrogen) atoms. The lowest BCUT2D eigenvalue weighted by molar-refractivity contribution is -0.145. The number of nitrogens with two attached hydrogens (primary N) is 1. The number of carbonyl (C=O) groups excluding carboxylic acids is 2. The maximum atomic E-state index is 11.6. The number of carbonyl (C=O) groups is 2. The molecular formula is C13H19ClN2O4. The highest BCUT2D eigenvalue weighted by Gasteiger charge is 2.23. The molecule has 1 rings (SSSR count). The Morgan fingerprint density at radius 2 is 1.90 bits per heavy atom. The molecule has 0 fully saturated rings. The number of phenols is 1. The first-order valence-electron chi connectivity index (χ1n) is 5.85. The fourth-order valence-corrected chi connectivity index (χ4v) is 1.51. The summed E-state index contributed by atoms with van der Waals surface area (Å²) in [6.45, 7) is 1.53. The highest BCUT2D eigenvalue weighted by Crippen LogP contribution is 2.11. The second-order valence-corrected chi connectivity index (χ2v) is 4.24. The van der Waals surface area contributed by atoms with Gasteiger partial charge in [0.05, 0.1) is 13.2 Å². The largest absolute Gasteiger partial charge is 0.508 e. The van der Waals surface area contributed by atoms with E-state index in [-0.39, 0.29) is 24.6 Å². The number of halogens is 1. The molecule has 0 aliphatic heterocycles. The lowest BCUT2D eigenvalue weighted by Crippen LogP contribution is -2.48. The molecule has 0 heterocycles. The smallest absolute Gasteiger partial charge is 0.328 e. The SMILES string of the molecule is COC(=O)[C@H](Cc1ccc(O)cc1)NC(=O)[C@H](C)N.Cl. The number of benzene rings is 1. The summed E-state index contributed by atoms with van der Waals surface area (Å²) in [6, 6.07) is 4.86. The summed E-state index contributed by atoms with van der Waals surface area (Å²) in [7, 11) is 1.25. The van der Waals surface area contributed by atoms with Crippen LogP contribution in [0.1, 0.15) is 12.5 Å². The Kier molecular flexibility index (Phi) is 7.64. The molecule has 0 saturated heterocycles. The van der Waals surface area contributed by atoms with Crippen LogP contribution in [-0.2, 0) is 20.7 Å². The lowest BCUT2D eigenvalue weighted by Gasteiger charge is -2.17. The molecule has 0 bridgehead atoms. The van der Waals surface area contributed by atoms with E-state index < -0.39 is 24.0 Å². The molecule has 0 saturated carbocycles. The Bertz CT molecular complexity index is 448. The van der Waals surface area contributed by atoms with Crippen molar-refractivity contribution in [3.63, 3.8) is 0 Å². The topological polar surface area (TPSA) is 102 Å². The molecule has 112 valence electrons. The van der Waals surface area contributed by atoms with E-state index in [9.17, 15) is 14.7 Å². The van der Waals surface area contributed by atoms with Gasteiger partial charge < -0.3 is 20.9 Å². The van der Waals surface area contributed by atoms with Gasteiger partial charge in [0.2, 0.25) is 5.91 Å². The monoisotopic (exact) mass is 302 g/mol. The number of amides is 1. The zero-order chi connectivity index (χ0) is 14.4. The van der Waals surface area contributed by atoms with Crippen LogP contribution in [0, 0.1) is 0 Å². The molecule has 0 spiro atoms. The average molecular weight is 303 g/mol. The number of nitrogens with one attached hydrogen (secondary N) is 1. The van der Waals surface area contributed by atoms with Crippen molar-refractivity contribution in [2.75, 3.05) is 7.11 Å². The van der Waals surface area contributed by atoms with E-state index in [0.717, 1.165) is 5.56 Å². The molecule has 0 unspecified atom stereocenters. The van der Waals surface area contributed by atoms with Crippen LogP contribution in [0.3, 0.4) is 0 Å². The standard InChI is InChI=1S/C13H18N2O4.ClH/c1-8(14)12(17)15-11(13(18)19-2)7-9-3-5-10(16)6-4-9;/h3-6,8,11,16H,7,14H2,1-2H3,(H,15,17);1H/t8-,11-;/m0./s1. The first kappa shape index (κ1) is 18.2. The highest BCUT2D eigenvalue weighted by molar-refractivity contribution is 5.87. The quantitative estimate of drug-likeness (QED) is 0.682. The summed E-state index contributed by atoms with van der Waals surface area (Å²) < 4.78 is 4.65. The van der Waals surface area contributed by atoms with Crippen LogP contribution in [0.15, 0.2) is 24.3 Å². The van der Waals surface area contributed by atoms with Gasteiger partial charge in [-0.2, -0.15) is 0 Å². The molecule has 2 atom stereocenters. The van der Waals surface area contributed by atoms with Crippen molar-refractivity contribution in [2.45, 2.75) is 25.4 Å². The first-order valence-corrected chi connectivity index (χ1v) is 5.85. The van der Waals surface area contributed by atoms with E-state index in [0.29, 0.717) is 0 Å². The first-order chi connectivity index (χ1) is 8.93. The number of aromatic hydroxyl groups is 1. The van der Waals surface area contributed by atoms with Crippen LogP contribution in [-0.4, -0.2) is 36.2 Å². The van der Waals surface area contributed by atoms with Gasteiger partial charge in [-0.25, -0.2) is 4.79 Å². The third kappa shape index (κ3) is 5.46. The number of hydrogen-bond acceptors (Lipinski definition) is 5. The number of methoxy groups -OCH3 is 1. The van der Waals surface area contributed by atoms with Crippen molar-refractivity contribution in [1.82, 2.24) is 5.32 Å². The Morgan fingerprint density at radius 1 is 1.35 bits per heavy atom. The van der Waals surface area contributed by atoms with Gasteiger partial charge in [0.1, 0.15) is 11.8 Å². The molecular weight excluding hydrogens is 284 g/mol. The maximum Gasteiger partial charge on any atom is 0.328 e. The van der Waals surface area contributed by atoms with Gasteiger partial charge in [0, 0.05) is 6.42 Å². The van der Waals surface area contributed by atoms with Crippen LogP contribution in [0.25, 0.3) is 0 Å². The van der Waals surface area contributed by atoms with Crippen LogP contribution in [0.4, 0.5) is 0 Å². The van der Waals surface area contributed by atoms with Crippen LogP contribution in [0.5, 0.6) is 5.75 Å². The Labute approximate surface area is 123 Å². The van der Waals surface area contributed by atoms with Gasteiger partial charge in [0.25, 0.3) is 0 Å². The van der Waals surface area contributed by atoms with Crippen molar-refractivity contribution in [1.29, 1.82) is 0 Å². The molecule has 1 aromatic carbocycles. The summed E-state index contributed by atoms with van der Waals surface area (Å²) in [4.78, 5) is 23.1. The van der Waals surface area contributed by atoms with E-state index in [4.69, 9.17) is 5.73 Å². The van der Waals surface area contributed by atoms with E-state index in [2.05, 4.69) is 10.1 Å². The minimum absolute atomic E-state index is 0. The third-order valence-electron chi connectivity index (χ3n) is 2.59. The predicted octanol–water partition coefficient (Wildman–Crippen LogP) is 0.361. The van der Waals surface area contributed by atoms with Gasteiger partial charge in [0.15, 0.2) is 0 Å². The summed E-state index contributed by atoms with van der Waals surface area (Å²) in [5.41, 5.74) is 6.23. The van der Waals surface area contributed by atoms with E-state index in [1.54, 1.807) is 12.1 Å². The lowest BCUT2D eigenvalue weighted by atomic mass is 10.1. The number of esters is 1. The van der Waals surface area contributed by atoms with Crippen LogP contribution >= 0.6 is 12.4 Å². The minimum Gasteiger partial charge on any atom is -0.508 e. The summed E-state index contributed by atoms with van der Waals surface area (Å²) >= 11 is 0. The van der Waals surface area contributed by atoms with Crippen LogP contribution in [0.2, 0.25) is 0 Å². The second-order valence-electron chi connectivity index (χ2n) is 4.24. The fourth-order valence-electron chi connectivity index (χ4n) is 1.51. The second kappa shape index (κ2) is 8.39. The van der Waals surface area contributed by atoms with Crippen molar-refractivity contribution < 1.29 is 19.4 Å². The van der Waals surface area contributed by atoms with Crippen LogP contribution < -0.4 is 11.1 Å². The number of phenolic OH excluding ortho intramolecular Hbond substituents is 1. The van der Waals surface area contributed by atoms with Crippen molar-refractivity contribution in [2.24, 2.45) is 5.73 Å². The summed E-state index contributed by atoms with van der Waals surface area (Å²) in [6.07, 6.45) is 0.269. The van der Waals surface area contributed by atoms with Crippen molar-refractivity contribution in [3.05, 3.63) is 29.8 Å². The van der Waals surface area contributed by atoms with Gasteiger partial charge >= 0.3 is 5.97 Å². The molecule has 0 radical (unpaired) electrons. The molecule has 1 amide bonds. The van der Waals surface area contributed by atoms with Gasteiger partial charge in [-0.05, 0) is 24.6 Å². The third-order valence-corrected chi connectivity index (χ3v) is 2.59. The molecule has 0 aromatic heterocycles. The molecule has 0 aliphatic carbocycles. The molecule has 7 heteroatoms. The number of ether oxygens (including phenoxy) is 1. The molecule has 4 N–H and O–H groups in total. The number of hydrogen-bond donors (Lipinski definition) is 3. The number of rotatable bonds is 5. The molecule has 1 aromatic rings. The van der Waals surface area contributed by atoms with E-state index in [1.165, 1.54) is 26.2 Å². The predicted molar refractivity (Wildman–Crippen MR) is 76.7 cm³/mol. The highest BCUT2D eigenvalue weighted by atomic mass is 35.5. The molecule has 0 aliphatic rings. The Hall–Kier alpha value is -1.79. The van der Waals surface area contributed by atoms with Gasteiger partial charge in [-0.15, -0.1) is 12.4 Å². The van der Waals surface area contributed by atoms with Crippen molar-refractivity contribution in [3.8, 4) is 5.75 Å². The molecule has 6 nitrogen and oxygen atoms in total. The minimum atomic E-state index is -0.798. The normalized spacial score (nSPS) is 12.8. The maximum absolute atomic E-state index is 11.6. The van der Waals surface area contributed by atoms with Gasteiger partial charge in [-0.3, -0.25) is 4.79 Å². The fraction of sp³-hybridized carbons (Fsp3) is 0.385. The summed E-state index contributed by atoms with van der Waals surface area (Å²) in [5.74, 6) is -0.825. The van der Waals surface area contributed by atoms with Crippen molar-refractivity contribution >= 4 is 24.3 Å². The zero-order valence-electron chi connectivity index (χ0n) is 11.3. The Balaban J connectivity index is 0.00000361. The van der Waals surface area contributed by atoms with E-state index in [1.807, 2.05) is 0 Å². The van der Waals surface area contributed by atoms with Gasteiger partial charge in [-0.1, -0.05) is 12.1 Å².